The number of nitrogens with one attached hydrogen (secondary N) is 5. The van der Waals surface area contributed by atoms with Gasteiger partial charge in [-0.05, 0) is 36.1 Å². The summed E-state index contributed by atoms with van der Waals surface area (Å²) >= 11 is 0. The third kappa shape index (κ3) is 8.47. The van der Waals surface area contributed by atoms with Crippen LogP contribution >= 0.6 is 0 Å². The molecule has 0 aliphatic heterocycles. The predicted octanol–water partition coefficient (Wildman–Crippen LogP) is 0.0409. The molecule has 2 aromatic heterocycles. The van der Waals surface area contributed by atoms with Gasteiger partial charge < -0.3 is 47.6 Å². The molecule has 15 heteroatoms. The highest BCUT2D eigenvalue weighted by Crippen LogP contribution is 2.21. The van der Waals surface area contributed by atoms with Gasteiger partial charge in [-0.2, -0.15) is 0 Å². The minimum atomic E-state index is -1.80. The number of aromatic amines is 2. The third-order valence-corrected chi connectivity index (χ3v) is 7.49. The maximum Gasteiger partial charge on any atom is 0.326 e. The molecule has 0 aliphatic rings. The second-order valence-electron chi connectivity index (χ2n) is 10.9. The number of rotatable bonds is 16. The van der Waals surface area contributed by atoms with E-state index in [9.17, 15) is 33.9 Å². The molecule has 0 bridgehead atoms. The zero-order valence-corrected chi connectivity index (χ0v) is 24.6. The number of hydrogen-bond acceptors (Lipinski definition) is 7. The third-order valence-electron chi connectivity index (χ3n) is 7.49. The molecule has 4 rings (SSSR count). The number of amides is 4. The Labute approximate surface area is 262 Å². The number of aromatic nitrogens is 2. The molecule has 0 saturated heterocycles. The normalized spacial score (nSPS) is 13.8. The van der Waals surface area contributed by atoms with Crippen molar-refractivity contribution in [2.75, 3.05) is 0 Å². The lowest BCUT2D eigenvalue weighted by Gasteiger charge is -2.25. The first kappa shape index (κ1) is 33.2. The van der Waals surface area contributed by atoms with Gasteiger partial charge in [0.05, 0.1) is 12.5 Å². The van der Waals surface area contributed by atoms with Gasteiger partial charge in [0.2, 0.25) is 23.6 Å². The summed E-state index contributed by atoms with van der Waals surface area (Å²) in [4.78, 5) is 80.6. The number of fused-ring (bicyclic) bond motifs is 2. The van der Waals surface area contributed by atoms with Crippen LogP contribution in [-0.2, 0) is 41.6 Å². The minimum absolute atomic E-state index is 0.0255. The fourth-order valence-corrected chi connectivity index (χ4v) is 5.11. The molecular weight excluding hydrogens is 598 g/mol. The Bertz CT molecular complexity index is 1760. The van der Waals surface area contributed by atoms with Crippen LogP contribution in [0, 0.1) is 0 Å². The molecule has 46 heavy (non-hydrogen) atoms. The van der Waals surface area contributed by atoms with Gasteiger partial charge in [0, 0.05) is 47.0 Å². The van der Waals surface area contributed by atoms with Gasteiger partial charge in [0.15, 0.2) is 0 Å². The van der Waals surface area contributed by atoms with Crippen LogP contribution in [0.4, 0.5) is 0 Å². The second kappa shape index (κ2) is 14.9. The molecule has 4 amide bonds. The van der Waals surface area contributed by atoms with Crippen LogP contribution < -0.4 is 27.4 Å². The lowest BCUT2D eigenvalue weighted by Crippen LogP contribution is -2.58. The smallest absolute Gasteiger partial charge is 0.326 e. The Morgan fingerprint density at radius 1 is 0.696 bits per heavy atom. The topological polar surface area (TPSA) is 263 Å². The van der Waals surface area contributed by atoms with E-state index < -0.39 is 66.2 Å². The van der Waals surface area contributed by atoms with Crippen molar-refractivity contribution >= 4 is 57.4 Å². The number of carboxylic acid groups (broad SMARTS) is 2. The summed E-state index contributed by atoms with van der Waals surface area (Å²) in [6.07, 6.45) is 1.97. The fourth-order valence-electron chi connectivity index (χ4n) is 5.11. The first-order valence-electron chi connectivity index (χ1n) is 14.4. The van der Waals surface area contributed by atoms with Crippen LogP contribution in [0.25, 0.3) is 21.8 Å². The van der Waals surface area contributed by atoms with Crippen molar-refractivity contribution in [1.82, 2.24) is 25.9 Å². The van der Waals surface area contributed by atoms with Gasteiger partial charge in [-0.15, -0.1) is 0 Å². The largest absolute Gasteiger partial charge is 0.481 e. The van der Waals surface area contributed by atoms with Crippen LogP contribution in [-0.4, -0.2) is 79.9 Å². The van der Waals surface area contributed by atoms with Crippen molar-refractivity contribution in [1.29, 1.82) is 0 Å². The highest BCUT2D eigenvalue weighted by atomic mass is 16.4. The number of carboxylic acids is 2. The van der Waals surface area contributed by atoms with Gasteiger partial charge in [-0.3, -0.25) is 24.0 Å². The van der Waals surface area contributed by atoms with Crippen molar-refractivity contribution in [3.8, 4) is 0 Å². The van der Waals surface area contributed by atoms with E-state index in [0.717, 1.165) is 27.4 Å². The van der Waals surface area contributed by atoms with E-state index in [1.165, 1.54) is 0 Å². The molecule has 242 valence electrons. The molecule has 0 spiro atoms. The lowest BCUT2D eigenvalue weighted by molar-refractivity contribution is -0.147. The number of primary amides is 1. The lowest BCUT2D eigenvalue weighted by atomic mass is 10.0. The number of H-pyrrole nitrogens is 2. The van der Waals surface area contributed by atoms with Gasteiger partial charge in [-0.25, -0.2) is 4.79 Å². The summed E-state index contributed by atoms with van der Waals surface area (Å²) in [5.41, 5.74) is 14.7. The van der Waals surface area contributed by atoms with Crippen LogP contribution in [0.5, 0.6) is 0 Å². The number of aliphatic carboxylic acids is 2. The number of nitrogens with two attached hydrogens (primary N) is 2. The number of carbonyl (C=O) groups is 6. The minimum Gasteiger partial charge on any atom is -0.481 e. The summed E-state index contributed by atoms with van der Waals surface area (Å²) in [5, 5.41) is 27.3. The summed E-state index contributed by atoms with van der Waals surface area (Å²) < 4.78 is 0. The van der Waals surface area contributed by atoms with E-state index in [2.05, 4.69) is 25.9 Å². The SMILES string of the molecule is NC(=O)CCC(NC(=O)C(Cc1c[nH]c2ccccc12)NC(=O)C(N)Cc1c[nH]c2ccccc12)C(=O)NC(CC(=O)O)C(=O)O. The zero-order chi connectivity index (χ0) is 33.4. The van der Waals surface area contributed by atoms with Gasteiger partial charge in [0.1, 0.15) is 18.1 Å². The molecule has 0 aliphatic carbocycles. The first-order chi connectivity index (χ1) is 21.9. The van der Waals surface area contributed by atoms with Crippen LogP contribution in [0.15, 0.2) is 60.9 Å². The van der Waals surface area contributed by atoms with E-state index in [1.54, 1.807) is 12.4 Å². The molecule has 0 radical (unpaired) electrons. The number of para-hydroxylation sites is 2. The standard InChI is InChI=1S/C31H35N7O8/c32-20(11-16-14-34-21-7-3-1-5-18(16)21)28(42)37-24(12-17-15-35-22-8-4-2-6-19(17)22)30(44)36-23(9-10-26(33)39)29(43)38-25(31(45)46)13-27(40)41/h1-8,14-15,20,23-25,34-35H,9-13,32H2,(H2,33,39)(H,36,44)(H,37,42)(H,38,43)(H,40,41)(H,45,46). The van der Waals surface area contributed by atoms with Crippen molar-refractivity contribution < 1.29 is 39.0 Å². The van der Waals surface area contributed by atoms with Crippen molar-refractivity contribution in [2.24, 2.45) is 11.5 Å². The first-order valence-corrected chi connectivity index (χ1v) is 14.4. The Morgan fingerprint density at radius 2 is 1.20 bits per heavy atom. The molecule has 4 unspecified atom stereocenters. The van der Waals surface area contributed by atoms with Crippen LogP contribution in [0.3, 0.4) is 0 Å². The predicted molar refractivity (Wildman–Crippen MR) is 166 cm³/mol. The molecule has 4 aromatic rings. The van der Waals surface area contributed by atoms with E-state index in [1.807, 2.05) is 48.5 Å². The Morgan fingerprint density at radius 3 is 1.74 bits per heavy atom. The number of benzene rings is 2. The second-order valence-corrected chi connectivity index (χ2v) is 10.9. The van der Waals surface area contributed by atoms with Crippen molar-refractivity contribution in [3.63, 3.8) is 0 Å². The summed E-state index contributed by atoms with van der Waals surface area (Å²) in [7, 11) is 0. The van der Waals surface area contributed by atoms with Crippen molar-refractivity contribution in [2.45, 2.75) is 56.3 Å². The summed E-state index contributed by atoms with van der Waals surface area (Å²) in [6.45, 7) is 0. The molecule has 0 saturated carbocycles. The van der Waals surface area contributed by atoms with E-state index in [4.69, 9.17) is 16.6 Å². The highest BCUT2D eigenvalue weighted by molar-refractivity contribution is 5.96. The average molecular weight is 634 g/mol. The van der Waals surface area contributed by atoms with Crippen molar-refractivity contribution in [3.05, 3.63) is 72.1 Å². The molecule has 2 aromatic carbocycles. The van der Waals surface area contributed by atoms with E-state index in [-0.39, 0.29) is 25.7 Å². The highest BCUT2D eigenvalue weighted by Gasteiger charge is 2.32. The summed E-state index contributed by atoms with van der Waals surface area (Å²) in [5.74, 6) is -6.39. The zero-order valence-electron chi connectivity index (χ0n) is 24.6. The average Bonchev–Trinajstić information content (AvgIpc) is 3.62. The maximum atomic E-state index is 13.7. The Kier molecular flexibility index (Phi) is 10.7. The maximum absolute atomic E-state index is 13.7. The molecule has 0 fully saturated rings. The molecule has 11 N–H and O–H groups in total. The molecular formula is C31H35N7O8. The summed E-state index contributed by atoms with van der Waals surface area (Å²) in [6, 6.07) is 9.20. The number of hydrogen-bond donors (Lipinski definition) is 9. The van der Waals surface area contributed by atoms with Crippen LogP contribution in [0.1, 0.15) is 30.4 Å². The van der Waals surface area contributed by atoms with Gasteiger partial charge in [-0.1, -0.05) is 36.4 Å². The number of carbonyl (C=O) groups excluding carboxylic acids is 4. The quantitative estimate of drug-likeness (QED) is 0.0805. The van der Waals surface area contributed by atoms with Gasteiger partial charge >= 0.3 is 11.9 Å². The van der Waals surface area contributed by atoms with E-state index in [0.29, 0.717) is 5.56 Å². The van der Waals surface area contributed by atoms with Crippen LogP contribution in [0.2, 0.25) is 0 Å². The monoisotopic (exact) mass is 633 g/mol. The Hall–Kier alpha value is -5.70. The fraction of sp³-hybridized carbons (Fsp3) is 0.290. The van der Waals surface area contributed by atoms with Gasteiger partial charge in [0.25, 0.3) is 0 Å². The molecule has 2 heterocycles. The Balaban J connectivity index is 1.56. The van der Waals surface area contributed by atoms with E-state index >= 15 is 0 Å². The molecule has 4 atom stereocenters. The molecule has 15 nitrogen and oxygen atoms in total.